The molecule has 0 aliphatic rings. The fourth-order valence-electron chi connectivity index (χ4n) is 1.61. The number of rotatable bonds is 5. The third kappa shape index (κ3) is 4.05. The number of nitrogens with one attached hydrogen (secondary N) is 1. The second kappa shape index (κ2) is 7.06. The van der Waals surface area contributed by atoms with E-state index in [1.807, 2.05) is 0 Å². The fraction of sp³-hybridized carbons (Fsp3) is 0.231. The number of amides is 1. The van der Waals surface area contributed by atoms with Crippen LogP contribution in [0.3, 0.4) is 0 Å². The van der Waals surface area contributed by atoms with Gasteiger partial charge in [0.25, 0.3) is 0 Å². The summed E-state index contributed by atoms with van der Waals surface area (Å²) >= 11 is 4.37. The van der Waals surface area contributed by atoms with Crippen LogP contribution in [0.25, 0.3) is 0 Å². The van der Waals surface area contributed by atoms with Gasteiger partial charge in [-0.25, -0.2) is 9.37 Å². The van der Waals surface area contributed by atoms with Crippen LogP contribution in [0.5, 0.6) is 0 Å². The van der Waals surface area contributed by atoms with Crippen LogP contribution in [0, 0.1) is 5.82 Å². The van der Waals surface area contributed by atoms with Crippen LogP contribution < -0.4 is 5.32 Å². The molecule has 21 heavy (non-hydrogen) atoms. The van der Waals surface area contributed by atoms with E-state index in [2.05, 4.69) is 26.2 Å². The van der Waals surface area contributed by atoms with Gasteiger partial charge in [-0.2, -0.15) is 0 Å². The Kier molecular flexibility index (Phi) is 5.38. The maximum atomic E-state index is 13.6. The Morgan fingerprint density at radius 2 is 2.33 bits per heavy atom. The van der Waals surface area contributed by atoms with Crippen LogP contribution in [0.4, 0.5) is 10.1 Å². The van der Waals surface area contributed by atoms with Gasteiger partial charge in [0.15, 0.2) is 5.16 Å². The molecule has 2 N–H and O–H groups in total. The molecule has 5 nitrogen and oxygen atoms in total. The maximum Gasteiger partial charge on any atom is 0.234 e. The summed E-state index contributed by atoms with van der Waals surface area (Å²) in [5, 5.41) is 12.2. The van der Waals surface area contributed by atoms with Crippen molar-refractivity contribution in [2.75, 3.05) is 11.1 Å². The minimum absolute atomic E-state index is 0.102. The minimum Gasteiger partial charge on any atom is -0.390 e. The van der Waals surface area contributed by atoms with E-state index in [1.54, 1.807) is 23.9 Å². The molecule has 2 aromatic rings. The van der Waals surface area contributed by atoms with E-state index in [9.17, 15) is 9.18 Å². The minimum atomic E-state index is -0.498. The SMILES string of the molecule is Cn1c(CO)cnc1SCC(=O)Nc1ccc(Br)cc1F. The molecule has 1 amide bonds. The third-order valence-corrected chi connectivity index (χ3v) is 4.28. The molecular formula is C13H13BrFN3O2S. The number of carbonyl (C=O) groups excluding carboxylic acids is 1. The van der Waals surface area contributed by atoms with Crippen LogP contribution in [0.2, 0.25) is 0 Å². The normalized spacial score (nSPS) is 10.7. The lowest BCUT2D eigenvalue weighted by Crippen LogP contribution is -2.15. The average Bonchev–Trinajstić information content (AvgIpc) is 2.80. The first kappa shape index (κ1) is 16.0. The first-order valence-corrected chi connectivity index (χ1v) is 7.78. The van der Waals surface area contributed by atoms with Crippen molar-refractivity contribution in [3.8, 4) is 0 Å². The van der Waals surface area contributed by atoms with Gasteiger partial charge in [-0.15, -0.1) is 0 Å². The predicted octanol–water partition coefficient (Wildman–Crippen LogP) is 2.54. The molecule has 0 radical (unpaired) electrons. The number of hydrogen-bond acceptors (Lipinski definition) is 4. The first-order valence-electron chi connectivity index (χ1n) is 6.00. The van der Waals surface area contributed by atoms with Gasteiger partial charge in [-0.3, -0.25) is 4.79 Å². The van der Waals surface area contributed by atoms with Crippen molar-refractivity contribution in [1.29, 1.82) is 0 Å². The van der Waals surface area contributed by atoms with Gasteiger partial charge in [-0.05, 0) is 18.2 Å². The number of aliphatic hydroxyl groups excluding tert-OH is 1. The summed E-state index contributed by atoms with van der Waals surface area (Å²) in [4.78, 5) is 15.9. The molecule has 8 heteroatoms. The number of hydrogen-bond donors (Lipinski definition) is 2. The smallest absolute Gasteiger partial charge is 0.234 e. The molecule has 0 unspecified atom stereocenters. The molecule has 0 spiro atoms. The number of carbonyl (C=O) groups is 1. The number of aromatic nitrogens is 2. The molecule has 112 valence electrons. The van der Waals surface area contributed by atoms with Gasteiger partial charge in [0.05, 0.1) is 29.9 Å². The molecule has 0 bridgehead atoms. The van der Waals surface area contributed by atoms with E-state index in [1.165, 1.54) is 23.9 Å². The topological polar surface area (TPSA) is 67.1 Å². The zero-order valence-corrected chi connectivity index (χ0v) is 13.5. The Morgan fingerprint density at radius 1 is 1.57 bits per heavy atom. The second-order valence-electron chi connectivity index (χ2n) is 4.21. The number of aliphatic hydroxyl groups is 1. The summed E-state index contributed by atoms with van der Waals surface area (Å²) in [6, 6.07) is 4.43. The quantitative estimate of drug-likeness (QED) is 0.790. The summed E-state index contributed by atoms with van der Waals surface area (Å²) in [7, 11) is 1.76. The highest BCUT2D eigenvalue weighted by molar-refractivity contribution is 9.10. The van der Waals surface area contributed by atoms with E-state index in [0.717, 1.165) is 0 Å². The molecule has 1 heterocycles. The Hall–Kier alpha value is -1.38. The van der Waals surface area contributed by atoms with E-state index < -0.39 is 5.82 Å². The second-order valence-corrected chi connectivity index (χ2v) is 6.07. The molecule has 1 aromatic carbocycles. The van der Waals surface area contributed by atoms with Crippen molar-refractivity contribution < 1.29 is 14.3 Å². The summed E-state index contributed by atoms with van der Waals surface area (Å²) in [5.41, 5.74) is 0.802. The van der Waals surface area contributed by atoms with E-state index >= 15 is 0 Å². The highest BCUT2D eigenvalue weighted by Crippen LogP contribution is 2.21. The highest BCUT2D eigenvalue weighted by atomic mass is 79.9. The summed E-state index contributed by atoms with van der Waals surface area (Å²) < 4.78 is 15.9. The van der Waals surface area contributed by atoms with Crippen molar-refractivity contribution in [1.82, 2.24) is 9.55 Å². The van der Waals surface area contributed by atoms with Gasteiger partial charge in [0.2, 0.25) is 5.91 Å². The number of thioether (sulfide) groups is 1. The molecule has 2 rings (SSSR count). The lowest BCUT2D eigenvalue weighted by atomic mass is 10.3. The van der Waals surface area contributed by atoms with Crippen molar-refractivity contribution in [3.63, 3.8) is 0 Å². The molecule has 1 aromatic heterocycles. The lowest BCUT2D eigenvalue weighted by molar-refractivity contribution is -0.113. The summed E-state index contributed by atoms with van der Waals surface area (Å²) in [6.45, 7) is -0.111. The van der Waals surface area contributed by atoms with Crippen LogP contribution in [-0.2, 0) is 18.4 Å². The molecular weight excluding hydrogens is 361 g/mol. The van der Waals surface area contributed by atoms with E-state index in [-0.39, 0.29) is 24.0 Å². The van der Waals surface area contributed by atoms with Crippen molar-refractivity contribution in [3.05, 3.63) is 40.4 Å². The number of nitrogens with zero attached hydrogens (tertiary/aromatic N) is 2. The largest absolute Gasteiger partial charge is 0.390 e. The molecule has 0 fully saturated rings. The molecule has 0 saturated heterocycles. The average molecular weight is 374 g/mol. The monoisotopic (exact) mass is 373 g/mol. The van der Waals surface area contributed by atoms with Crippen LogP contribution in [0.1, 0.15) is 5.69 Å². The molecule has 0 aliphatic carbocycles. The zero-order valence-electron chi connectivity index (χ0n) is 11.1. The predicted molar refractivity (Wildman–Crippen MR) is 82.6 cm³/mol. The number of benzene rings is 1. The Balaban J connectivity index is 1.94. The van der Waals surface area contributed by atoms with Gasteiger partial charge in [-0.1, -0.05) is 27.7 Å². The fourth-order valence-corrected chi connectivity index (χ4v) is 2.72. The molecule has 0 saturated carbocycles. The summed E-state index contributed by atoms with van der Waals surface area (Å²) in [5.74, 6) is -0.720. The Morgan fingerprint density at radius 3 is 2.95 bits per heavy atom. The maximum absolute atomic E-state index is 13.6. The van der Waals surface area contributed by atoms with Crippen molar-refractivity contribution in [2.45, 2.75) is 11.8 Å². The van der Waals surface area contributed by atoms with Crippen LogP contribution in [-0.4, -0.2) is 26.3 Å². The number of halogens is 2. The van der Waals surface area contributed by atoms with Gasteiger partial charge >= 0.3 is 0 Å². The standard InChI is InChI=1S/C13H13BrFN3O2S/c1-18-9(6-19)5-16-13(18)21-7-12(20)17-11-3-2-8(14)4-10(11)15/h2-5,19H,6-7H2,1H3,(H,17,20). The highest BCUT2D eigenvalue weighted by Gasteiger charge is 2.11. The van der Waals surface area contributed by atoms with E-state index in [4.69, 9.17) is 5.11 Å². The lowest BCUT2D eigenvalue weighted by Gasteiger charge is -2.07. The molecule has 0 aliphatic heterocycles. The van der Waals surface area contributed by atoms with Gasteiger partial charge < -0.3 is 15.0 Å². The third-order valence-electron chi connectivity index (χ3n) is 2.74. The van der Waals surface area contributed by atoms with E-state index in [0.29, 0.717) is 15.3 Å². The summed E-state index contributed by atoms with van der Waals surface area (Å²) in [6.07, 6.45) is 1.55. The number of anilines is 1. The zero-order chi connectivity index (χ0) is 15.4. The van der Waals surface area contributed by atoms with Crippen LogP contribution >= 0.6 is 27.7 Å². The van der Waals surface area contributed by atoms with Gasteiger partial charge in [0.1, 0.15) is 5.82 Å². The van der Waals surface area contributed by atoms with Gasteiger partial charge in [0, 0.05) is 11.5 Å². The Bertz CT molecular complexity index is 663. The first-order chi connectivity index (χ1) is 10.0. The van der Waals surface area contributed by atoms with Crippen LogP contribution in [0.15, 0.2) is 34.0 Å². The number of imidazole rings is 1. The van der Waals surface area contributed by atoms with Crippen molar-refractivity contribution >= 4 is 39.3 Å². The van der Waals surface area contributed by atoms with Crippen molar-refractivity contribution in [2.24, 2.45) is 7.05 Å². The molecule has 0 atom stereocenters. The Labute approximate surface area is 133 Å².